The van der Waals surface area contributed by atoms with Gasteiger partial charge in [-0.2, -0.15) is 0 Å². The number of likely N-dealkylation sites (tertiary alicyclic amines) is 1. The summed E-state index contributed by atoms with van der Waals surface area (Å²) in [5.41, 5.74) is 0.325. The lowest BCUT2D eigenvalue weighted by molar-refractivity contribution is -0.155. The van der Waals surface area contributed by atoms with Gasteiger partial charge in [0.25, 0.3) is 5.91 Å². The van der Waals surface area contributed by atoms with E-state index in [1.165, 1.54) is 4.90 Å². The molecule has 4 amide bonds. The van der Waals surface area contributed by atoms with E-state index in [4.69, 9.17) is 15.1 Å². The minimum Gasteiger partial charge on any atom is -0.444 e. The Morgan fingerprint density at radius 3 is 2.34 bits per heavy atom. The van der Waals surface area contributed by atoms with Gasteiger partial charge in [0.15, 0.2) is 11.5 Å². The molecule has 1 saturated carbocycles. The van der Waals surface area contributed by atoms with Crippen LogP contribution in [0.1, 0.15) is 44.1 Å². The van der Waals surface area contributed by atoms with Gasteiger partial charge in [-0.3, -0.25) is 14.4 Å². The lowest BCUT2D eigenvalue weighted by Crippen LogP contribution is -2.61. The maximum absolute atomic E-state index is 12.6. The predicted octanol–water partition coefficient (Wildman–Crippen LogP) is 1.95. The molecule has 0 bridgehead atoms. The second kappa shape index (κ2) is 9.49. The van der Waals surface area contributed by atoms with Crippen molar-refractivity contribution in [1.29, 1.82) is 0 Å². The molecule has 2 heterocycles. The highest BCUT2D eigenvalue weighted by molar-refractivity contribution is 5.98. The molecule has 11 heteroatoms. The summed E-state index contributed by atoms with van der Waals surface area (Å²) in [6.45, 7) is 5.59. The van der Waals surface area contributed by atoms with E-state index < -0.39 is 41.3 Å². The normalized spacial score (nSPS) is 19.8. The third kappa shape index (κ3) is 5.51. The molecule has 2 fully saturated rings. The van der Waals surface area contributed by atoms with Gasteiger partial charge < -0.3 is 19.5 Å². The Bertz CT molecular complexity index is 1110. The van der Waals surface area contributed by atoms with E-state index in [-0.39, 0.29) is 24.8 Å². The van der Waals surface area contributed by atoms with Crippen LogP contribution in [0.3, 0.4) is 0 Å². The minimum atomic E-state index is -0.629. The molecule has 186 valence electrons. The molecule has 4 rings (SSSR count). The zero-order valence-corrected chi connectivity index (χ0v) is 19.9. The van der Waals surface area contributed by atoms with E-state index in [0.717, 1.165) is 5.56 Å². The Morgan fingerprint density at radius 2 is 1.71 bits per heavy atom. The number of hydrogen-bond acceptors (Lipinski definition) is 8. The van der Waals surface area contributed by atoms with Gasteiger partial charge in [0.05, 0.1) is 5.92 Å². The van der Waals surface area contributed by atoms with Crippen molar-refractivity contribution >= 4 is 23.8 Å². The van der Waals surface area contributed by atoms with Crippen molar-refractivity contribution in [1.82, 2.24) is 20.4 Å². The van der Waals surface area contributed by atoms with Gasteiger partial charge >= 0.3 is 6.09 Å². The first-order valence-electron chi connectivity index (χ1n) is 11.5. The van der Waals surface area contributed by atoms with Gasteiger partial charge in [-0.25, -0.2) is 15.6 Å². The van der Waals surface area contributed by atoms with Crippen molar-refractivity contribution in [3.05, 3.63) is 42.1 Å². The minimum absolute atomic E-state index is 0.147. The molecule has 0 radical (unpaired) electrons. The quantitative estimate of drug-likeness (QED) is 0.284. The highest BCUT2D eigenvalue weighted by Gasteiger charge is 2.44. The number of rotatable bonds is 5. The molecular weight excluding hydrogens is 454 g/mol. The highest BCUT2D eigenvalue weighted by Crippen LogP contribution is 2.30. The summed E-state index contributed by atoms with van der Waals surface area (Å²) >= 11 is 0. The van der Waals surface area contributed by atoms with Crippen LogP contribution >= 0.6 is 0 Å². The van der Waals surface area contributed by atoms with Crippen LogP contribution in [-0.2, 0) is 14.3 Å². The van der Waals surface area contributed by atoms with Gasteiger partial charge in [0.2, 0.25) is 11.8 Å². The van der Waals surface area contributed by atoms with Crippen LogP contribution in [-0.4, -0.2) is 63.6 Å². The van der Waals surface area contributed by atoms with E-state index in [0.29, 0.717) is 23.6 Å². The molecule has 35 heavy (non-hydrogen) atoms. The standard InChI is InChI=1S/C24H29N5O6/c1-24(2,3)34-23(33)28-12-16(13-28)22(32)29(25)21(31)15-9-17(10-15)26-20(30)18-11-19(35-27-18)14-7-5-4-6-8-14/h4-8,11,15-17H,9-10,12-13,25H2,1-3H3,(H,26,30)/t15-,17-. The maximum atomic E-state index is 12.6. The SMILES string of the molecule is CC(C)(C)OC(=O)N1CC(C(=O)N(N)C(=O)[C@H]2C[C@H](NC(=O)c3cc(-c4ccccc4)on3)C2)C1. The van der Waals surface area contributed by atoms with Gasteiger partial charge in [0, 0.05) is 36.7 Å². The summed E-state index contributed by atoms with van der Waals surface area (Å²) in [5, 5.41) is 7.28. The molecule has 1 saturated heterocycles. The van der Waals surface area contributed by atoms with Crippen LogP contribution in [0.15, 0.2) is 40.9 Å². The molecule has 0 spiro atoms. The first kappa shape index (κ1) is 24.4. The van der Waals surface area contributed by atoms with E-state index >= 15 is 0 Å². The molecule has 1 aliphatic carbocycles. The van der Waals surface area contributed by atoms with Crippen LogP contribution in [0.25, 0.3) is 11.3 Å². The van der Waals surface area contributed by atoms with Crippen LogP contribution in [0.5, 0.6) is 0 Å². The van der Waals surface area contributed by atoms with E-state index in [9.17, 15) is 19.2 Å². The number of carbonyl (C=O) groups excluding carboxylic acids is 4. The number of imide groups is 1. The van der Waals surface area contributed by atoms with Gasteiger partial charge in [-0.1, -0.05) is 35.5 Å². The fourth-order valence-electron chi connectivity index (χ4n) is 3.93. The largest absolute Gasteiger partial charge is 0.444 e. The number of hydrogen-bond donors (Lipinski definition) is 2. The molecule has 1 aromatic heterocycles. The third-order valence-corrected chi connectivity index (χ3v) is 5.98. The summed E-state index contributed by atoms with van der Waals surface area (Å²) in [4.78, 5) is 51.0. The summed E-state index contributed by atoms with van der Waals surface area (Å²) < 4.78 is 10.5. The molecule has 1 aromatic carbocycles. The fraction of sp³-hybridized carbons (Fsp3) is 0.458. The maximum Gasteiger partial charge on any atom is 0.410 e. The van der Waals surface area contributed by atoms with Gasteiger partial charge in [0.1, 0.15) is 5.60 Å². The van der Waals surface area contributed by atoms with Crippen molar-refractivity contribution in [3.8, 4) is 11.3 Å². The van der Waals surface area contributed by atoms with Crippen molar-refractivity contribution in [3.63, 3.8) is 0 Å². The number of ether oxygens (including phenoxy) is 1. The first-order chi connectivity index (χ1) is 16.5. The summed E-state index contributed by atoms with van der Waals surface area (Å²) in [6.07, 6.45) is 0.227. The number of amides is 4. The number of nitrogens with one attached hydrogen (secondary N) is 1. The second-order valence-corrected chi connectivity index (χ2v) is 9.91. The lowest BCUT2D eigenvalue weighted by atomic mass is 9.79. The molecule has 1 aliphatic heterocycles. The average Bonchev–Trinajstić information content (AvgIpc) is 3.23. The Kier molecular flexibility index (Phi) is 6.62. The van der Waals surface area contributed by atoms with Crippen LogP contribution < -0.4 is 11.2 Å². The number of nitrogens with zero attached hydrogens (tertiary/aromatic N) is 3. The van der Waals surface area contributed by atoms with Crippen LogP contribution in [0, 0.1) is 11.8 Å². The monoisotopic (exact) mass is 483 g/mol. The van der Waals surface area contributed by atoms with Crippen LogP contribution in [0.4, 0.5) is 4.79 Å². The predicted molar refractivity (Wildman–Crippen MR) is 123 cm³/mol. The number of hydrazine groups is 1. The van der Waals surface area contributed by atoms with E-state index in [1.807, 2.05) is 30.3 Å². The van der Waals surface area contributed by atoms with Crippen LogP contribution in [0.2, 0.25) is 0 Å². The Hall–Kier alpha value is -3.73. The molecule has 3 N–H and O–H groups in total. The van der Waals surface area contributed by atoms with Crippen molar-refractivity contribution in [2.45, 2.75) is 45.3 Å². The Morgan fingerprint density at radius 1 is 1.09 bits per heavy atom. The van der Waals surface area contributed by atoms with Gasteiger partial charge in [-0.05, 0) is 33.6 Å². The molecule has 11 nitrogen and oxygen atoms in total. The molecule has 2 aromatic rings. The zero-order chi connectivity index (χ0) is 25.3. The van der Waals surface area contributed by atoms with Crippen molar-refractivity contribution in [2.75, 3.05) is 13.1 Å². The first-order valence-corrected chi connectivity index (χ1v) is 11.5. The third-order valence-electron chi connectivity index (χ3n) is 5.98. The summed E-state index contributed by atoms with van der Waals surface area (Å²) in [7, 11) is 0. The van der Waals surface area contributed by atoms with E-state index in [2.05, 4.69) is 10.5 Å². The van der Waals surface area contributed by atoms with Gasteiger partial charge in [-0.15, -0.1) is 0 Å². The molecular formula is C24H29N5O6. The molecule has 0 unspecified atom stereocenters. The number of benzene rings is 1. The number of aromatic nitrogens is 1. The topological polar surface area (TPSA) is 148 Å². The summed E-state index contributed by atoms with van der Waals surface area (Å²) in [5.74, 6) is 3.84. The van der Waals surface area contributed by atoms with Crippen molar-refractivity contribution in [2.24, 2.45) is 17.7 Å². The lowest BCUT2D eigenvalue weighted by Gasteiger charge is -2.41. The van der Waals surface area contributed by atoms with E-state index in [1.54, 1.807) is 26.8 Å². The number of nitrogens with two attached hydrogens (primary N) is 1. The highest BCUT2D eigenvalue weighted by atomic mass is 16.6. The number of carbonyl (C=O) groups is 4. The summed E-state index contributed by atoms with van der Waals surface area (Å²) in [6, 6.07) is 10.6. The Balaban J connectivity index is 1.21. The average molecular weight is 484 g/mol. The Labute approximate surface area is 202 Å². The fourth-order valence-corrected chi connectivity index (χ4v) is 3.93. The molecule has 2 aliphatic rings. The van der Waals surface area contributed by atoms with Crippen molar-refractivity contribution < 1.29 is 28.4 Å². The second-order valence-electron chi connectivity index (χ2n) is 9.91. The molecule has 0 atom stereocenters. The smallest absolute Gasteiger partial charge is 0.410 e. The zero-order valence-electron chi connectivity index (χ0n) is 19.9.